The average Bonchev–Trinajstić information content (AvgIpc) is 3.30. The van der Waals surface area contributed by atoms with Crippen molar-refractivity contribution in [2.75, 3.05) is 33.5 Å². The number of hydrogen-bond donors (Lipinski definition) is 2. The predicted octanol–water partition coefficient (Wildman–Crippen LogP) is 3.86. The Morgan fingerprint density at radius 3 is 2.58 bits per heavy atom. The molecule has 0 saturated heterocycles. The molecule has 2 aromatic carbocycles. The van der Waals surface area contributed by atoms with Gasteiger partial charge in [-0.2, -0.15) is 13.2 Å². The van der Waals surface area contributed by atoms with E-state index in [2.05, 4.69) is 10.2 Å². The van der Waals surface area contributed by atoms with Crippen LogP contribution in [0.3, 0.4) is 0 Å². The molecule has 0 radical (unpaired) electrons. The fourth-order valence-corrected chi connectivity index (χ4v) is 3.83. The molecular weight excluding hydrogens is 459 g/mol. The molecule has 3 N–H and O–H groups in total. The summed E-state index contributed by atoms with van der Waals surface area (Å²) >= 11 is 1.03. The number of alkyl halides is 3. The zero-order valence-corrected chi connectivity index (χ0v) is 18.7. The zero-order chi connectivity index (χ0) is 23.8. The average molecular weight is 484 g/mol. The number of aliphatic hydroxyl groups is 1. The Kier molecular flexibility index (Phi) is 8.61. The maximum Gasteiger partial charge on any atom is 0.419 e. The lowest BCUT2D eigenvalue weighted by atomic mass is 10.1. The highest BCUT2D eigenvalue weighted by Gasteiger charge is 2.35. The van der Waals surface area contributed by atoms with Gasteiger partial charge in [-0.05, 0) is 36.2 Å². The SMILES string of the molecule is COc1ccccc1CCOCCOc1ccc(-c2nnc([C@@H](N)CO)s2)cc1C(F)(F)F. The fraction of sp³-hybridized carbons (Fsp3) is 0.364. The van der Waals surface area contributed by atoms with Gasteiger partial charge in [0.15, 0.2) is 0 Å². The van der Waals surface area contributed by atoms with E-state index in [4.69, 9.17) is 25.1 Å². The van der Waals surface area contributed by atoms with Crippen molar-refractivity contribution < 1.29 is 32.5 Å². The van der Waals surface area contributed by atoms with E-state index in [0.717, 1.165) is 28.7 Å². The molecule has 0 amide bonds. The Hall–Kier alpha value is -2.73. The van der Waals surface area contributed by atoms with Crippen LogP contribution in [0.1, 0.15) is 22.2 Å². The van der Waals surface area contributed by atoms with Crippen LogP contribution in [0.15, 0.2) is 42.5 Å². The van der Waals surface area contributed by atoms with Crippen LogP contribution in [-0.4, -0.2) is 48.8 Å². The van der Waals surface area contributed by atoms with Crippen molar-refractivity contribution in [3.05, 3.63) is 58.6 Å². The largest absolute Gasteiger partial charge is 0.496 e. The van der Waals surface area contributed by atoms with E-state index in [1.54, 1.807) is 7.11 Å². The molecule has 0 aliphatic carbocycles. The minimum Gasteiger partial charge on any atom is -0.496 e. The molecule has 0 spiro atoms. The molecule has 0 aliphatic heterocycles. The summed E-state index contributed by atoms with van der Waals surface area (Å²) in [6.45, 7) is 0.135. The van der Waals surface area contributed by atoms with Crippen LogP contribution in [0.25, 0.3) is 10.6 Å². The second kappa shape index (κ2) is 11.4. The van der Waals surface area contributed by atoms with Gasteiger partial charge < -0.3 is 25.1 Å². The molecule has 11 heteroatoms. The maximum absolute atomic E-state index is 13.6. The lowest BCUT2D eigenvalue weighted by Gasteiger charge is -2.15. The topological polar surface area (TPSA) is 99.7 Å². The van der Waals surface area contributed by atoms with E-state index in [9.17, 15) is 13.2 Å². The number of methoxy groups -OCH3 is 1. The highest BCUT2D eigenvalue weighted by atomic mass is 32.1. The van der Waals surface area contributed by atoms with Gasteiger partial charge in [0.1, 0.15) is 28.1 Å². The first-order chi connectivity index (χ1) is 15.8. The highest BCUT2D eigenvalue weighted by molar-refractivity contribution is 7.14. The number of benzene rings is 2. The third kappa shape index (κ3) is 6.64. The predicted molar refractivity (Wildman–Crippen MR) is 117 cm³/mol. The smallest absolute Gasteiger partial charge is 0.419 e. The van der Waals surface area contributed by atoms with E-state index < -0.39 is 17.8 Å². The second-order valence-electron chi connectivity index (χ2n) is 6.97. The first-order valence-electron chi connectivity index (χ1n) is 10.1. The minimum atomic E-state index is -4.62. The van der Waals surface area contributed by atoms with Crippen molar-refractivity contribution >= 4 is 11.3 Å². The molecule has 0 fully saturated rings. The van der Waals surface area contributed by atoms with Gasteiger partial charge in [0.25, 0.3) is 0 Å². The van der Waals surface area contributed by atoms with Crippen LogP contribution in [0.5, 0.6) is 11.5 Å². The highest BCUT2D eigenvalue weighted by Crippen LogP contribution is 2.39. The van der Waals surface area contributed by atoms with Gasteiger partial charge >= 0.3 is 6.18 Å². The Labute approximate surface area is 192 Å². The quantitative estimate of drug-likeness (QED) is 0.400. The van der Waals surface area contributed by atoms with Crippen LogP contribution < -0.4 is 15.2 Å². The van der Waals surface area contributed by atoms with E-state index >= 15 is 0 Å². The number of aromatic nitrogens is 2. The first kappa shape index (κ1) is 24.9. The molecule has 33 heavy (non-hydrogen) atoms. The number of hydrogen-bond acceptors (Lipinski definition) is 8. The number of para-hydroxylation sites is 1. The number of nitrogens with two attached hydrogens (primary N) is 1. The van der Waals surface area contributed by atoms with Gasteiger partial charge in [0, 0.05) is 5.56 Å². The summed E-state index contributed by atoms with van der Waals surface area (Å²) < 4.78 is 57.0. The van der Waals surface area contributed by atoms with E-state index in [1.807, 2.05) is 24.3 Å². The lowest BCUT2D eigenvalue weighted by molar-refractivity contribution is -0.139. The summed E-state index contributed by atoms with van der Waals surface area (Å²) in [5.74, 6) is 0.463. The molecule has 3 aromatic rings. The van der Waals surface area contributed by atoms with Crippen LogP contribution in [-0.2, 0) is 17.3 Å². The van der Waals surface area contributed by atoms with Crippen molar-refractivity contribution in [2.24, 2.45) is 5.73 Å². The standard InChI is InChI=1S/C22H24F3N3O4S/c1-30-18-5-3-2-4-14(18)8-9-31-10-11-32-19-7-6-15(12-16(19)22(23,24)25)20-27-28-21(33-20)17(26)13-29/h2-7,12,17,29H,8-11,13,26H2,1H3/t17-/m0/s1. The minimum absolute atomic E-state index is 0.0390. The number of ether oxygens (including phenoxy) is 3. The van der Waals surface area contributed by atoms with Gasteiger partial charge in [-0.15, -0.1) is 10.2 Å². The normalized spacial score (nSPS) is 12.5. The Morgan fingerprint density at radius 1 is 1.06 bits per heavy atom. The molecule has 7 nitrogen and oxygen atoms in total. The number of halogens is 3. The molecule has 0 bridgehead atoms. The summed E-state index contributed by atoms with van der Waals surface area (Å²) in [5, 5.41) is 17.4. The molecule has 178 valence electrons. The van der Waals surface area contributed by atoms with E-state index in [-0.39, 0.29) is 36.1 Å². The summed E-state index contributed by atoms with van der Waals surface area (Å²) in [7, 11) is 1.59. The van der Waals surface area contributed by atoms with E-state index in [0.29, 0.717) is 18.0 Å². The Morgan fingerprint density at radius 2 is 1.85 bits per heavy atom. The monoisotopic (exact) mass is 483 g/mol. The van der Waals surface area contributed by atoms with Crippen molar-refractivity contribution in [3.63, 3.8) is 0 Å². The van der Waals surface area contributed by atoms with Crippen molar-refractivity contribution in [1.29, 1.82) is 0 Å². The van der Waals surface area contributed by atoms with Crippen LogP contribution in [0.2, 0.25) is 0 Å². The van der Waals surface area contributed by atoms with Crippen molar-refractivity contribution in [1.82, 2.24) is 10.2 Å². The van der Waals surface area contributed by atoms with Crippen molar-refractivity contribution in [2.45, 2.75) is 18.6 Å². The maximum atomic E-state index is 13.6. The van der Waals surface area contributed by atoms with Gasteiger partial charge in [-0.1, -0.05) is 29.5 Å². The second-order valence-corrected chi connectivity index (χ2v) is 7.97. The number of aliphatic hydroxyl groups excluding tert-OH is 1. The molecule has 0 unspecified atom stereocenters. The molecule has 1 aromatic heterocycles. The molecular formula is C22H24F3N3O4S. The summed E-state index contributed by atoms with van der Waals surface area (Å²) in [4.78, 5) is 0. The molecule has 0 saturated carbocycles. The van der Waals surface area contributed by atoms with Crippen LogP contribution in [0, 0.1) is 0 Å². The molecule has 3 rings (SSSR count). The van der Waals surface area contributed by atoms with Gasteiger partial charge in [-0.3, -0.25) is 0 Å². The zero-order valence-electron chi connectivity index (χ0n) is 17.8. The van der Waals surface area contributed by atoms with Crippen LogP contribution >= 0.6 is 11.3 Å². The van der Waals surface area contributed by atoms with Gasteiger partial charge in [0.2, 0.25) is 0 Å². The number of nitrogens with zero attached hydrogens (tertiary/aromatic N) is 2. The number of rotatable bonds is 11. The van der Waals surface area contributed by atoms with Crippen molar-refractivity contribution in [3.8, 4) is 22.1 Å². The Bertz CT molecular complexity index is 1050. The molecule has 0 aliphatic rings. The third-order valence-electron chi connectivity index (χ3n) is 4.68. The summed E-state index contributed by atoms with van der Waals surface area (Å²) in [6.07, 6.45) is -4.01. The molecule has 1 atom stereocenters. The Balaban J connectivity index is 1.59. The summed E-state index contributed by atoms with van der Waals surface area (Å²) in [5.41, 5.74) is 5.98. The van der Waals surface area contributed by atoms with Gasteiger partial charge in [0.05, 0.1) is 38.5 Å². The fourth-order valence-electron chi connectivity index (χ4n) is 2.99. The van der Waals surface area contributed by atoms with Gasteiger partial charge in [-0.25, -0.2) is 0 Å². The van der Waals surface area contributed by atoms with Crippen LogP contribution in [0.4, 0.5) is 13.2 Å². The lowest BCUT2D eigenvalue weighted by Crippen LogP contribution is -2.13. The third-order valence-corrected chi connectivity index (χ3v) is 5.78. The molecule has 1 heterocycles. The summed E-state index contributed by atoms with van der Waals surface area (Å²) in [6, 6.07) is 10.5. The van der Waals surface area contributed by atoms with E-state index in [1.165, 1.54) is 12.1 Å². The first-order valence-corrected chi connectivity index (χ1v) is 10.9.